The van der Waals surface area contributed by atoms with Crippen LogP contribution in [0.5, 0.6) is 5.75 Å². The first-order chi connectivity index (χ1) is 10.3. The Labute approximate surface area is 124 Å². The number of ether oxygens (including phenoxy) is 1. The Morgan fingerprint density at radius 1 is 1.33 bits per heavy atom. The van der Waals surface area contributed by atoms with Gasteiger partial charge in [0, 0.05) is 36.1 Å². The van der Waals surface area contributed by atoms with Crippen molar-refractivity contribution in [2.75, 3.05) is 7.11 Å². The van der Waals surface area contributed by atoms with Gasteiger partial charge in [-0.1, -0.05) is 0 Å². The number of nitrogens with zero attached hydrogens (tertiary/aromatic N) is 2. The Hall–Kier alpha value is -2.38. The minimum absolute atomic E-state index is 0.618. The van der Waals surface area contributed by atoms with Gasteiger partial charge >= 0.3 is 0 Å². The Balaban J connectivity index is 1.91. The fraction of sp³-hybridized carbons (Fsp3) is 0.294. The molecule has 2 aromatic rings. The van der Waals surface area contributed by atoms with E-state index < -0.39 is 0 Å². The van der Waals surface area contributed by atoms with E-state index in [2.05, 4.69) is 22.4 Å². The van der Waals surface area contributed by atoms with Gasteiger partial charge in [-0.2, -0.15) is 5.26 Å². The summed E-state index contributed by atoms with van der Waals surface area (Å²) in [5.74, 6) is 0.753. The molecule has 1 fully saturated rings. The first-order valence-electron chi connectivity index (χ1n) is 7.06. The molecule has 1 aromatic carbocycles. The van der Waals surface area contributed by atoms with Crippen LogP contribution in [0, 0.1) is 11.3 Å². The van der Waals surface area contributed by atoms with Gasteiger partial charge in [-0.25, -0.2) is 0 Å². The molecular weight excluding hydrogens is 262 g/mol. The zero-order valence-corrected chi connectivity index (χ0v) is 12.0. The average Bonchev–Trinajstić information content (AvgIpc) is 3.37. The van der Waals surface area contributed by atoms with E-state index in [9.17, 15) is 0 Å². The molecule has 0 atom stereocenters. The van der Waals surface area contributed by atoms with Crippen molar-refractivity contribution in [1.29, 1.82) is 5.26 Å². The van der Waals surface area contributed by atoms with Crippen molar-refractivity contribution in [3.05, 3.63) is 47.8 Å². The van der Waals surface area contributed by atoms with Crippen LogP contribution in [-0.2, 0) is 6.54 Å². The highest BCUT2D eigenvalue weighted by molar-refractivity contribution is 5.71. The number of aromatic nitrogens is 1. The summed E-state index contributed by atoms with van der Waals surface area (Å²) in [6.45, 7) is 0.825. The third-order valence-corrected chi connectivity index (χ3v) is 3.61. The lowest BCUT2D eigenvalue weighted by Crippen LogP contribution is -2.15. The number of rotatable bonds is 5. The molecule has 3 rings (SSSR count). The third-order valence-electron chi connectivity index (χ3n) is 3.61. The summed E-state index contributed by atoms with van der Waals surface area (Å²) >= 11 is 0. The van der Waals surface area contributed by atoms with Gasteiger partial charge in [-0.05, 0) is 42.7 Å². The molecule has 4 nitrogen and oxygen atoms in total. The largest absolute Gasteiger partial charge is 0.496 e. The number of pyridine rings is 1. The normalized spacial score (nSPS) is 13.7. The molecule has 0 saturated heterocycles. The second-order valence-corrected chi connectivity index (χ2v) is 5.26. The van der Waals surface area contributed by atoms with Gasteiger partial charge in [0.1, 0.15) is 5.75 Å². The molecule has 21 heavy (non-hydrogen) atoms. The molecule has 4 heteroatoms. The summed E-state index contributed by atoms with van der Waals surface area (Å²) in [6.07, 6.45) is 6.22. The van der Waals surface area contributed by atoms with E-state index in [0.717, 1.165) is 29.0 Å². The van der Waals surface area contributed by atoms with Crippen LogP contribution in [0.15, 0.2) is 36.7 Å². The van der Waals surface area contributed by atoms with E-state index in [0.29, 0.717) is 11.6 Å². The lowest BCUT2D eigenvalue weighted by atomic mass is 10.0. The maximum Gasteiger partial charge on any atom is 0.126 e. The topological polar surface area (TPSA) is 57.9 Å². The molecule has 1 heterocycles. The maximum absolute atomic E-state index is 9.06. The van der Waals surface area contributed by atoms with Gasteiger partial charge in [-0.3, -0.25) is 4.98 Å². The zero-order valence-electron chi connectivity index (χ0n) is 12.0. The van der Waals surface area contributed by atoms with Crippen LogP contribution < -0.4 is 10.1 Å². The number of nitrogens with one attached hydrogen (secondary N) is 1. The van der Waals surface area contributed by atoms with Crippen LogP contribution in [-0.4, -0.2) is 18.1 Å². The standard InChI is InChI=1S/C17H17N3O/c1-21-17-5-2-12(8-18)7-16(17)14-6-13(9-19-11-14)10-20-15-3-4-15/h2,5-7,9,11,15,20H,3-4,10H2,1H3. The summed E-state index contributed by atoms with van der Waals surface area (Å²) in [5.41, 5.74) is 3.63. The Bertz CT molecular complexity index is 687. The fourth-order valence-electron chi connectivity index (χ4n) is 2.28. The van der Waals surface area contributed by atoms with Crippen LogP contribution in [0.2, 0.25) is 0 Å². The van der Waals surface area contributed by atoms with Crippen LogP contribution in [0.4, 0.5) is 0 Å². The number of benzene rings is 1. The average molecular weight is 279 g/mol. The molecule has 0 spiro atoms. The van der Waals surface area contributed by atoms with Crippen LogP contribution in [0.1, 0.15) is 24.0 Å². The second-order valence-electron chi connectivity index (χ2n) is 5.26. The summed E-state index contributed by atoms with van der Waals surface area (Å²) in [6, 6.07) is 10.4. The van der Waals surface area contributed by atoms with Crippen LogP contribution in [0.25, 0.3) is 11.1 Å². The number of hydrogen-bond acceptors (Lipinski definition) is 4. The van der Waals surface area contributed by atoms with Crippen molar-refractivity contribution in [2.24, 2.45) is 0 Å². The van der Waals surface area contributed by atoms with Crippen molar-refractivity contribution in [3.63, 3.8) is 0 Å². The molecule has 0 amide bonds. The fourth-order valence-corrected chi connectivity index (χ4v) is 2.28. The minimum atomic E-state index is 0.618. The summed E-state index contributed by atoms with van der Waals surface area (Å²) in [5, 5.41) is 12.5. The molecule has 106 valence electrons. The van der Waals surface area contributed by atoms with Gasteiger partial charge in [0.25, 0.3) is 0 Å². The quantitative estimate of drug-likeness (QED) is 0.914. The van der Waals surface area contributed by atoms with Crippen LogP contribution >= 0.6 is 0 Å². The molecule has 1 N–H and O–H groups in total. The Morgan fingerprint density at radius 2 is 2.19 bits per heavy atom. The third kappa shape index (κ3) is 3.21. The van der Waals surface area contributed by atoms with E-state index in [1.165, 1.54) is 12.8 Å². The van der Waals surface area contributed by atoms with Crippen molar-refractivity contribution in [2.45, 2.75) is 25.4 Å². The monoisotopic (exact) mass is 279 g/mol. The molecule has 0 bridgehead atoms. The zero-order chi connectivity index (χ0) is 14.7. The van der Waals surface area contributed by atoms with Crippen molar-refractivity contribution in [1.82, 2.24) is 10.3 Å². The predicted octanol–water partition coefficient (Wildman–Crippen LogP) is 2.88. The molecule has 0 aliphatic heterocycles. The highest BCUT2D eigenvalue weighted by Gasteiger charge is 2.20. The molecule has 1 aliphatic rings. The molecule has 0 unspecified atom stereocenters. The lowest BCUT2D eigenvalue weighted by molar-refractivity contribution is 0.416. The van der Waals surface area contributed by atoms with E-state index in [-0.39, 0.29) is 0 Å². The maximum atomic E-state index is 9.06. The first kappa shape index (κ1) is 13.6. The molecular formula is C17H17N3O. The van der Waals surface area contributed by atoms with Gasteiger partial charge in [0.15, 0.2) is 0 Å². The molecule has 1 saturated carbocycles. The molecule has 1 aliphatic carbocycles. The van der Waals surface area contributed by atoms with Gasteiger partial charge in [0.05, 0.1) is 18.7 Å². The summed E-state index contributed by atoms with van der Waals surface area (Å²) in [4.78, 5) is 4.31. The van der Waals surface area contributed by atoms with Gasteiger partial charge < -0.3 is 10.1 Å². The van der Waals surface area contributed by atoms with Gasteiger partial charge in [-0.15, -0.1) is 0 Å². The van der Waals surface area contributed by atoms with E-state index in [1.807, 2.05) is 18.3 Å². The number of hydrogen-bond donors (Lipinski definition) is 1. The minimum Gasteiger partial charge on any atom is -0.496 e. The summed E-state index contributed by atoms with van der Waals surface area (Å²) in [7, 11) is 1.64. The number of nitriles is 1. The highest BCUT2D eigenvalue weighted by Crippen LogP contribution is 2.31. The molecule has 0 radical (unpaired) electrons. The Morgan fingerprint density at radius 3 is 2.90 bits per heavy atom. The van der Waals surface area contributed by atoms with Crippen molar-refractivity contribution < 1.29 is 4.74 Å². The first-order valence-corrected chi connectivity index (χ1v) is 7.06. The summed E-state index contributed by atoms with van der Waals surface area (Å²) < 4.78 is 5.39. The van der Waals surface area contributed by atoms with E-state index in [1.54, 1.807) is 19.4 Å². The smallest absolute Gasteiger partial charge is 0.126 e. The van der Waals surface area contributed by atoms with E-state index >= 15 is 0 Å². The Kier molecular flexibility index (Phi) is 3.85. The molecule has 1 aromatic heterocycles. The highest BCUT2D eigenvalue weighted by atomic mass is 16.5. The van der Waals surface area contributed by atoms with Crippen molar-refractivity contribution in [3.8, 4) is 22.9 Å². The SMILES string of the molecule is COc1ccc(C#N)cc1-c1cncc(CNC2CC2)c1. The van der Waals surface area contributed by atoms with Crippen molar-refractivity contribution >= 4 is 0 Å². The lowest BCUT2D eigenvalue weighted by Gasteiger charge is -2.10. The second kappa shape index (κ2) is 5.94. The van der Waals surface area contributed by atoms with Crippen LogP contribution in [0.3, 0.4) is 0 Å². The van der Waals surface area contributed by atoms with E-state index in [4.69, 9.17) is 10.00 Å². The number of methoxy groups -OCH3 is 1. The predicted molar refractivity (Wildman–Crippen MR) is 80.8 cm³/mol. The van der Waals surface area contributed by atoms with Gasteiger partial charge in [0.2, 0.25) is 0 Å².